The van der Waals surface area contributed by atoms with Gasteiger partial charge in [-0.1, -0.05) is 17.7 Å². The Balaban J connectivity index is 2.09. The molecule has 7 heteroatoms. The Hall–Kier alpha value is -3.66. The lowest BCUT2D eigenvalue weighted by molar-refractivity contribution is -0.384. The first kappa shape index (κ1) is 17.7. The van der Waals surface area contributed by atoms with E-state index in [4.69, 9.17) is 0 Å². The normalized spacial score (nSPS) is 10.7. The largest absolute Gasteiger partial charge is 0.360 e. The van der Waals surface area contributed by atoms with E-state index in [1.165, 1.54) is 30.5 Å². The summed E-state index contributed by atoms with van der Waals surface area (Å²) in [5.74, 6) is -0.538. The zero-order valence-corrected chi connectivity index (χ0v) is 13.7. The molecular weight excluding hydrogens is 320 g/mol. The lowest BCUT2D eigenvalue weighted by atomic mass is 10.1. The maximum Gasteiger partial charge on any atom is 0.269 e. The van der Waals surface area contributed by atoms with Gasteiger partial charge in [-0.15, -0.1) is 0 Å². The van der Waals surface area contributed by atoms with E-state index in [-0.39, 0.29) is 11.3 Å². The van der Waals surface area contributed by atoms with Crippen LogP contribution in [0.15, 0.2) is 54.2 Å². The molecule has 0 aromatic heterocycles. The van der Waals surface area contributed by atoms with Crippen LogP contribution in [0.1, 0.15) is 11.1 Å². The molecule has 0 saturated heterocycles. The fourth-order valence-corrected chi connectivity index (χ4v) is 2.13. The molecule has 0 radical (unpaired) electrons. The van der Waals surface area contributed by atoms with Gasteiger partial charge in [0.2, 0.25) is 0 Å². The first-order valence-electron chi connectivity index (χ1n) is 7.40. The van der Waals surface area contributed by atoms with Crippen LogP contribution in [-0.2, 0) is 4.79 Å². The van der Waals surface area contributed by atoms with Crippen molar-refractivity contribution in [2.75, 3.05) is 10.6 Å². The third-order valence-electron chi connectivity index (χ3n) is 3.46. The summed E-state index contributed by atoms with van der Waals surface area (Å²) in [7, 11) is 0. The molecule has 0 unspecified atom stereocenters. The molecule has 1 amide bonds. The molecule has 2 rings (SSSR count). The fraction of sp³-hybridized carbons (Fsp3) is 0.111. The average Bonchev–Trinajstić information content (AvgIpc) is 2.58. The molecular formula is C18H16N4O3. The zero-order chi connectivity index (χ0) is 18.4. The van der Waals surface area contributed by atoms with Gasteiger partial charge >= 0.3 is 0 Å². The Morgan fingerprint density at radius 3 is 2.44 bits per heavy atom. The van der Waals surface area contributed by atoms with Gasteiger partial charge in [-0.3, -0.25) is 14.9 Å². The van der Waals surface area contributed by atoms with Gasteiger partial charge in [-0.05, 0) is 37.6 Å². The molecule has 2 aromatic rings. The molecule has 2 aromatic carbocycles. The number of nitrogens with one attached hydrogen (secondary N) is 2. The highest BCUT2D eigenvalue weighted by Gasteiger charge is 2.11. The van der Waals surface area contributed by atoms with Crippen molar-refractivity contribution in [3.63, 3.8) is 0 Å². The molecule has 7 nitrogen and oxygen atoms in total. The Morgan fingerprint density at radius 2 is 1.88 bits per heavy atom. The molecule has 0 fully saturated rings. The Bertz CT molecular complexity index is 880. The molecule has 0 saturated carbocycles. The lowest BCUT2D eigenvalue weighted by Gasteiger charge is -2.09. The maximum atomic E-state index is 12.2. The van der Waals surface area contributed by atoms with E-state index in [9.17, 15) is 20.2 Å². The molecule has 0 bridgehead atoms. The van der Waals surface area contributed by atoms with Crippen molar-refractivity contribution in [2.24, 2.45) is 0 Å². The number of carbonyl (C=O) groups excluding carboxylic acids is 1. The molecule has 0 spiro atoms. The highest BCUT2D eigenvalue weighted by molar-refractivity contribution is 6.07. The fourth-order valence-electron chi connectivity index (χ4n) is 2.13. The summed E-state index contributed by atoms with van der Waals surface area (Å²) in [4.78, 5) is 22.3. The van der Waals surface area contributed by atoms with E-state index < -0.39 is 10.8 Å². The Labute approximate surface area is 144 Å². The van der Waals surface area contributed by atoms with E-state index in [0.29, 0.717) is 11.4 Å². The second kappa shape index (κ2) is 7.75. The average molecular weight is 336 g/mol. The summed E-state index contributed by atoms with van der Waals surface area (Å²) in [5.41, 5.74) is 2.98. The monoisotopic (exact) mass is 336 g/mol. The third kappa shape index (κ3) is 4.65. The number of nitrogens with zero attached hydrogens (tertiary/aromatic N) is 2. The summed E-state index contributed by atoms with van der Waals surface area (Å²) < 4.78 is 0. The van der Waals surface area contributed by atoms with Crippen LogP contribution in [0, 0.1) is 35.3 Å². The molecule has 2 N–H and O–H groups in total. The Morgan fingerprint density at radius 1 is 1.20 bits per heavy atom. The van der Waals surface area contributed by atoms with Crippen molar-refractivity contribution in [3.05, 3.63) is 75.5 Å². The van der Waals surface area contributed by atoms with Crippen LogP contribution in [-0.4, -0.2) is 10.8 Å². The number of aryl methyl sites for hydroxylation is 2. The van der Waals surface area contributed by atoms with Crippen LogP contribution in [0.5, 0.6) is 0 Å². The second-order valence-electron chi connectivity index (χ2n) is 5.39. The number of hydrogen-bond acceptors (Lipinski definition) is 5. The third-order valence-corrected chi connectivity index (χ3v) is 3.46. The summed E-state index contributed by atoms with van der Waals surface area (Å²) in [6.07, 6.45) is 1.26. The molecule has 0 aliphatic heterocycles. The molecule has 0 aliphatic carbocycles. The smallest absolute Gasteiger partial charge is 0.269 e. The number of carbonyl (C=O) groups is 1. The van der Waals surface area contributed by atoms with Crippen molar-refractivity contribution in [3.8, 4) is 6.07 Å². The first-order chi connectivity index (χ1) is 11.9. The first-order valence-corrected chi connectivity index (χ1v) is 7.40. The van der Waals surface area contributed by atoms with Gasteiger partial charge in [0.1, 0.15) is 11.6 Å². The van der Waals surface area contributed by atoms with Crippen LogP contribution < -0.4 is 10.6 Å². The number of nitro groups is 1. The van der Waals surface area contributed by atoms with Crippen LogP contribution in [0.3, 0.4) is 0 Å². The summed E-state index contributed by atoms with van der Waals surface area (Å²) in [5, 5.41) is 25.3. The van der Waals surface area contributed by atoms with Gasteiger partial charge in [-0.25, -0.2) is 0 Å². The number of benzene rings is 2. The van der Waals surface area contributed by atoms with E-state index in [1.807, 2.05) is 32.0 Å². The van der Waals surface area contributed by atoms with Crippen molar-refractivity contribution >= 4 is 23.0 Å². The van der Waals surface area contributed by atoms with Crippen LogP contribution in [0.2, 0.25) is 0 Å². The number of nitriles is 1. The number of nitro benzene ring substituents is 1. The van der Waals surface area contributed by atoms with E-state index in [2.05, 4.69) is 10.6 Å². The van der Waals surface area contributed by atoms with Gasteiger partial charge in [0, 0.05) is 29.7 Å². The summed E-state index contributed by atoms with van der Waals surface area (Å²) in [6, 6.07) is 13.1. The molecule has 0 atom stereocenters. The van der Waals surface area contributed by atoms with Gasteiger partial charge in [0.05, 0.1) is 4.92 Å². The van der Waals surface area contributed by atoms with Crippen molar-refractivity contribution in [1.29, 1.82) is 5.26 Å². The minimum absolute atomic E-state index is 0.0392. The molecule has 0 aliphatic rings. The quantitative estimate of drug-likeness (QED) is 0.375. The Kier molecular flexibility index (Phi) is 5.48. The number of hydrogen-bond donors (Lipinski definition) is 2. The van der Waals surface area contributed by atoms with E-state index >= 15 is 0 Å². The number of anilines is 2. The minimum Gasteiger partial charge on any atom is -0.360 e. The molecule has 0 heterocycles. The topological polar surface area (TPSA) is 108 Å². The predicted molar refractivity (Wildman–Crippen MR) is 95.0 cm³/mol. The number of non-ortho nitro benzene ring substituents is 1. The van der Waals surface area contributed by atoms with Crippen molar-refractivity contribution in [1.82, 2.24) is 0 Å². The van der Waals surface area contributed by atoms with Gasteiger partial charge in [-0.2, -0.15) is 5.26 Å². The number of amides is 1. The molecule has 25 heavy (non-hydrogen) atoms. The lowest BCUT2D eigenvalue weighted by Crippen LogP contribution is -2.15. The number of rotatable bonds is 5. The SMILES string of the molecule is Cc1ccc(NC(=O)/C(C#N)=C\Nc2ccc([N+](=O)[O-])cc2)c(C)c1. The molecule has 126 valence electrons. The minimum atomic E-state index is -0.538. The summed E-state index contributed by atoms with van der Waals surface area (Å²) in [6.45, 7) is 3.82. The van der Waals surface area contributed by atoms with Crippen LogP contribution in [0.4, 0.5) is 17.1 Å². The van der Waals surface area contributed by atoms with Crippen LogP contribution in [0.25, 0.3) is 0 Å². The second-order valence-corrected chi connectivity index (χ2v) is 5.39. The summed E-state index contributed by atoms with van der Waals surface area (Å²) >= 11 is 0. The highest BCUT2D eigenvalue weighted by atomic mass is 16.6. The van der Waals surface area contributed by atoms with Crippen molar-refractivity contribution < 1.29 is 9.72 Å². The standard InChI is InChI=1S/C18H16N4O3/c1-12-3-8-17(13(2)9-12)21-18(23)14(10-19)11-20-15-4-6-16(7-5-15)22(24)25/h3-9,11,20H,1-2H3,(H,21,23)/b14-11-. The highest BCUT2D eigenvalue weighted by Crippen LogP contribution is 2.18. The van der Waals surface area contributed by atoms with Crippen LogP contribution >= 0.6 is 0 Å². The van der Waals surface area contributed by atoms with Gasteiger partial charge < -0.3 is 10.6 Å². The maximum absolute atomic E-state index is 12.2. The zero-order valence-electron chi connectivity index (χ0n) is 13.7. The van der Waals surface area contributed by atoms with Crippen molar-refractivity contribution in [2.45, 2.75) is 13.8 Å². The van der Waals surface area contributed by atoms with Gasteiger partial charge in [0.25, 0.3) is 11.6 Å². The van der Waals surface area contributed by atoms with E-state index in [1.54, 1.807) is 6.07 Å². The van der Waals surface area contributed by atoms with E-state index in [0.717, 1.165) is 11.1 Å². The predicted octanol–water partition coefficient (Wildman–Crippen LogP) is 3.67. The van der Waals surface area contributed by atoms with Gasteiger partial charge in [0.15, 0.2) is 0 Å².